The van der Waals surface area contributed by atoms with Crippen LogP contribution in [0.15, 0.2) is 36.7 Å². The Kier molecular flexibility index (Phi) is 5.28. The lowest BCUT2D eigenvalue weighted by atomic mass is 10.1. The van der Waals surface area contributed by atoms with Gasteiger partial charge in [-0.25, -0.2) is 4.39 Å². The molecule has 0 aliphatic rings. The second-order valence-corrected chi connectivity index (χ2v) is 5.10. The molecule has 1 aromatic heterocycles. The molecule has 4 heteroatoms. The average Bonchev–Trinajstić information content (AvgIpc) is 2.46. The summed E-state index contributed by atoms with van der Waals surface area (Å²) in [5.41, 5.74) is 3.02. The Morgan fingerprint density at radius 2 is 2.10 bits per heavy atom. The van der Waals surface area contributed by atoms with Crippen LogP contribution in [-0.4, -0.2) is 11.5 Å². The SMILES string of the molecule is CCNC(C)c1ccc(OCc2cncc(F)c2)c(C)c1. The van der Waals surface area contributed by atoms with Crippen molar-refractivity contribution in [3.63, 3.8) is 0 Å². The maximum absolute atomic E-state index is 13.1. The Balaban J connectivity index is 2.04. The number of halogens is 1. The molecule has 1 heterocycles. The zero-order valence-electron chi connectivity index (χ0n) is 12.7. The minimum absolute atomic E-state index is 0.313. The van der Waals surface area contributed by atoms with E-state index in [2.05, 4.69) is 36.3 Å². The van der Waals surface area contributed by atoms with E-state index in [1.54, 1.807) is 6.20 Å². The fourth-order valence-electron chi connectivity index (χ4n) is 2.22. The van der Waals surface area contributed by atoms with E-state index in [0.717, 1.165) is 23.4 Å². The number of ether oxygens (including phenoxy) is 1. The topological polar surface area (TPSA) is 34.1 Å². The quantitative estimate of drug-likeness (QED) is 0.878. The number of rotatable bonds is 6. The van der Waals surface area contributed by atoms with Gasteiger partial charge in [0.1, 0.15) is 18.2 Å². The molecule has 3 nitrogen and oxygen atoms in total. The van der Waals surface area contributed by atoms with Crippen LogP contribution in [-0.2, 0) is 6.61 Å². The summed E-state index contributed by atoms with van der Waals surface area (Å²) in [6, 6.07) is 7.89. The molecule has 1 N–H and O–H groups in total. The highest BCUT2D eigenvalue weighted by atomic mass is 19.1. The van der Waals surface area contributed by atoms with E-state index >= 15 is 0 Å². The predicted octanol–water partition coefficient (Wildman–Crippen LogP) is 3.78. The van der Waals surface area contributed by atoms with Crippen molar-refractivity contribution in [2.24, 2.45) is 0 Å². The van der Waals surface area contributed by atoms with Gasteiger partial charge in [-0.3, -0.25) is 4.98 Å². The summed E-state index contributed by atoms with van der Waals surface area (Å²) < 4.78 is 18.8. The summed E-state index contributed by atoms with van der Waals surface area (Å²) in [7, 11) is 0. The molecule has 0 fully saturated rings. The van der Waals surface area contributed by atoms with Gasteiger partial charge in [-0.15, -0.1) is 0 Å². The maximum Gasteiger partial charge on any atom is 0.141 e. The van der Waals surface area contributed by atoms with E-state index in [4.69, 9.17) is 4.74 Å². The van der Waals surface area contributed by atoms with Crippen molar-refractivity contribution in [2.75, 3.05) is 6.54 Å². The highest BCUT2D eigenvalue weighted by Gasteiger charge is 2.07. The molecule has 2 aromatic rings. The third-order valence-corrected chi connectivity index (χ3v) is 3.37. The Morgan fingerprint density at radius 1 is 1.29 bits per heavy atom. The van der Waals surface area contributed by atoms with Gasteiger partial charge in [0, 0.05) is 17.8 Å². The average molecular weight is 288 g/mol. The van der Waals surface area contributed by atoms with Crippen LogP contribution >= 0.6 is 0 Å². The largest absolute Gasteiger partial charge is 0.489 e. The van der Waals surface area contributed by atoms with Gasteiger partial charge in [-0.1, -0.05) is 19.1 Å². The van der Waals surface area contributed by atoms with Gasteiger partial charge in [0.2, 0.25) is 0 Å². The van der Waals surface area contributed by atoms with Crippen LogP contribution < -0.4 is 10.1 Å². The summed E-state index contributed by atoms with van der Waals surface area (Å²) in [6.07, 6.45) is 2.80. The van der Waals surface area contributed by atoms with Crippen LogP contribution in [0.2, 0.25) is 0 Å². The van der Waals surface area contributed by atoms with Gasteiger partial charge >= 0.3 is 0 Å². The van der Waals surface area contributed by atoms with Crippen molar-refractivity contribution in [1.29, 1.82) is 0 Å². The summed E-state index contributed by atoms with van der Waals surface area (Å²) in [5, 5.41) is 3.38. The Bertz CT molecular complexity index is 601. The molecule has 0 amide bonds. The molecule has 0 bridgehead atoms. The second kappa shape index (κ2) is 7.18. The van der Waals surface area contributed by atoms with Gasteiger partial charge in [0.05, 0.1) is 6.20 Å². The standard InChI is InChI=1S/C17H21FN2O/c1-4-20-13(3)15-5-6-17(12(2)7-15)21-11-14-8-16(18)10-19-9-14/h5-10,13,20H,4,11H2,1-3H3. The van der Waals surface area contributed by atoms with Crippen LogP contribution in [0.3, 0.4) is 0 Å². The molecular weight excluding hydrogens is 267 g/mol. The van der Waals surface area contributed by atoms with Gasteiger partial charge in [0.25, 0.3) is 0 Å². The van der Waals surface area contributed by atoms with E-state index in [-0.39, 0.29) is 5.82 Å². The number of nitrogens with zero attached hydrogens (tertiary/aromatic N) is 1. The Morgan fingerprint density at radius 3 is 2.76 bits per heavy atom. The molecule has 1 aromatic carbocycles. The predicted molar refractivity (Wildman–Crippen MR) is 81.8 cm³/mol. The van der Waals surface area contributed by atoms with Gasteiger partial charge in [0.15, 0.2) is 0 Å². The third kappa shape index (κ3) is 4.26. The molecule has 0 spiro atoms. The van der Waals surface area contributed by atoms with Crippen LogP contribution in [0, 0.1) is 12.7 Å². The molecular formula is C17H21FN2O. The highest BCUT2D eigenvalue weighted by molar-refractivity contribution is 5.37. The van der Waals surface area contributed by atoms with Crippen molar-refractivity contribution < 1.29 is 9.13 Å². The van der Waals surface area contributed by atoms with Crippen LogP contribution in [0.5, 0.6) is 5.75 Å². The fourth-order valence-corrected chi connectivity index (χ4v) is 2.22. The van der Waals surface area contributed by atoms with E-state index in [1.807, 2.05) is 13.0 Å². The summed E-state index contributed by atoms with van der Waals surface area (Å²) in [6.45, 7) is 7.49. The molecule has 0 saturated heterocycles. The molecule has 1 atom stereocenters. The van der Waals surface area contributed by atoms with Crippen molar-refractivity contribution in [3.05, 3.63) is 59.2 Å². The van der Waals surface area contributed by atoms with E-state index in [0.29, 0.717) is 12.6 Å². The molecule has 0 aliphatic carbocycles. The van der Waals surface area contributed by atoms with Gasteiger partial charge < -0.3 is 10.1 Å². The second-order valence-electron chi connectivity index (χ2n) is 5.10. The van der Waals surface area contributed by atoms with E-state index in [9.17, 15) is 4.39 Å². The molecule has 1 unspecified atom stereocenters. The van der Waals surface area contributed by atoms with Crippen LogP contribution in [0.25, 0.3) is 0 Å². The Hall–Kier alpha value is -1.94. The lowest BCUT2D eigenvalue weighted by Crippen LogP contribution is -2.17. The minimum atomic E-state index is -0.345. The molecule has 0 saturated carbocycles. The summed E-state index contributed by atoms with van der Waals surface area (Å²) in [4.78, 5) is 3.81. The minimum Gasteiger partial charge on any atom is -0.489 e. The first-order valence-electron chi connectivity index (χ1n) is 7.16. The smallest absolute Gasteiger partial charge is 0.141 e. The third-order valence-electron chi connectivity index (χ3n) is 3.37. The number of hydrogen-bond donors (Lipinski definition) is 1. The molecule has 2 rings (SSSR count). The Labute approximate surface area is 125 Å². The van der Waals surface area contributed by atoms with E-state index in [1.165, 1.54) is 17.8 Å². The molecule has 0 aliphatic heterocycles. The number of aromatic nitrogens is 1. The van der Waals surface area contributed by atoms with Crippen molar-refractivity contribution in [1.82, 2.24) is 10.3 Å². The monoisotopic (exact) mass is 288 g/mol. The van der Waals surface area contributed by atoms with Gasteiger partial charge in [-0.2, -0.15) is 0 Å². The first-order chi connectivity index (χ1) is 10.1. The van der Waals surface area contributed by atoms with Crippen LogP contribution in [0.4, 0.5) is 4.39 Å². The van der Waals surface area contributed by atoms with Crippen molar-refractivity contribution >= 4 is 0 Å². The number of benzene rings is 1. The number of pyridine rings is 1. The van der Waals surface area contributed by atoms with Crippen molar-refractivity contribution in [3.8, 4) is 5.75 Å². The molecule has 21 heavy (non-hydrogen) atoms. The fraction of sp³-hybridized carbons (Fsp3) is 0.353. The number of hydrogen-bond acceptors (Lipinski definition) is 3. The zero-order chi connectivity index (χ0) is 15.2. The maximum atomic E-state index is 13.1. The van der Waals surface area contributed by atoms with E-state index < -0.39 is 0 Å². The lowest BCUT2D eigenvalue weighted by molar-refractivity contribution is 0.302. The van der Waals surface area contributed by atoms with Crippen LogP contribution in [0.1, 0.15) is 36.6 Å². The highest BCUT2D eigenvalue weighted by Crippen LogP contribution is 2.23. The first kappa shape index (κ1) is 15.4. The normalized spacial score (nSPS) is 12.2. The van der Waals surface area contributed by atoms with Gasteiger partial charge in [-0.05, 0) is 43.7 Å². The van der Waals surface area contributed by atoms with Crippen molar-refractivity contribution in [2.45, 2.75) is 33.4 Å². The zero-order valence-corrected chi connectivity index (χ0v) is 12.7. The molecule has 112 valence electrons. The first-order valence-corrected chi connectivity index (χ1v) is 7.16. The molecule has 0 radical (unpaired) electrons. The lowest BCUT2D eigenvalue weighted by Gasteiger charge is -2.15. The number of nitrogens with one attached hydrogen (secondary N) is 1. The number of aryl methyl sites for hydroxylation is 1. The summed E-state index contributed by atoms with van der Waals surface area (Å²) >= 11 is 0. The summed E-state index contributed by atoms with van der Waals surface area (Å²) in [5.74, 6) is 0.467.